The van der Waals surface area contributed by atoms with Crippen LogP contribution < -0.4 is 5.32 Å². The van der Waals surface area contributed by atoms with Crippen molar-refractivity contribution in [2.45, 2.75) is 20.3 Å². The van der Waals surface area contributed by atoms with Gasteiger partial charge in [0.2, 0.25) is 0 Å². The van der Waals surface area contributed by atoms with E-state index in [1.807, 2.05) is 13.8 Å². The van der Waals surface area contributed by atoms with Crippen LogP contribution in [-0.2, 0) is 0 Å². The van der Waals surface area contributed by atoms with Crippen molar-refractivity contribution in [2.24, 2.45) is 0 Å². The molecule has 1 heterocycles. The van der Waals surface area contributed by atoms with E-state index in [-0.39, 0.29) is 11.7 Å². The first-order valence-corrected chi connectivity index (χ1v) is 5.83. The molecule has 0 aliphatic carbocycles. The Morgan fingerprint density at radius 2 is 2.11 bits per heavy atom. The molecule has 1 aromatic heterocycles. The Morgan fingerprint density at radius 1 is 1.39 bits per heavy atom. The molecule has 98 valence electrons. The van der Waals surface area contributed by atoms with Gasteiger partial charge in [0.05, 0.1) is 11.9 Å². The number of carbonyl (C=O) groups excluding carboxylic acids is 1. The third-order valence-electron chi connectivity index (χ3n) is 2.40. The second-order valence-electron chi connectivity index (χ2n) is 3.75. The highest BCUT2D eigenvalue weighted by Gasteiger charge is 2.11. The highest BCUT2D eigenvalue weighted by molar-refractivity contribution is 5.90. The molecule has 0 saturated carbocycles. The SMILES string of the molecule is CCCN(CC)C(=O)Nc1ccc(C(=O)O)nc1. The molecule has 0 aliphatic rings. The number of hydrogen-bond donors (Lipinski definition) is 2. The van der Waals surface area contributed by atoms with Crippen LogP contribution in [0.3, 0.4) is 0 Å². The smallest absolute Gasteiger partial charge is 0.354 e. The van der Waals surface area contributed by atoms with Crippen LogP contribution in [0.4, 0.5) is 10.5 Å². The molecule has 0 fully saturated rings. The van der Waals surface area contributed by atoms with Crippen molar-refractivity contribution in [1.29, 1.82) is 0 Å². The van der Waals surface area contributed by atoms with Crippen molar-refractivity contribution < 1.29 is 14.7 Å². The predicted octanol–water partition coefficient (Wildman–Crippen LogP) is 2.04. The number of nitrogens with zero attached hydrogens (tertiary/aromatic N) is 2. The summed E-state index contributed by atoms with van der Waals surface area (Å²) in [7, 11) is 0. The minimum absolute atomic E-state index is 0.0473. The van der Waals surface area contributed by atoms with Gasteiger partial charge in [0, 0.05) is 13.1 Å². The summed E-state index contributed by atoms with van der Waals surface area (Å²) in [4.78, 5) is 27.8. The van der Waals surface area contributed by atoms with Crippen molar-refractivity contribution in [3.05, 3.63) is 24.0 Å². The summed E-state index contributed by atoms with van der Waals surface area (Å²) in [5.74, 6) is -1.09. The van der Waals surface area contributed by atoms with E-state index in [1.165, 1.54) is 18.3 Å². The highest BCUT2D eigenvalue weighted by Crippen LogP contribution is 2.07. The van der Waals surface area contributed by atoms with E-state index < -0.39 is 5.97 Å². The molecule has 2 N–H and O–H groups in total. The maximum absolute atomic E-state index is 11.8. The normalized spacial score (nSPS) is 9.89. The zero-order valence-corrected chi connectivity index (χ0v) is 10.5. The number of amides is 2. The minimum Gasteiger partial charge on any atom is -0.477 e. The lowest BCUT2D eigenvalue weighted by atomic mass is 10.3. The fourth-order valence-corrected chi connectivity index (χ4v) is 1.47. The zero-order valence-electron chi connectivity index (χ0n) is 10.5. The van der Waals surface area contributed by atoms with Crippen molar-refractivity contribution in [3.63, 3.8) is 0 Å². The molecule has 0 atom stereocenters. The summed E-state index contributed by atoms with van der Waals surface area (Å²) in [5.41, 5.74) is 0.438. The van der Waals surface area contributed by atoms with Gasteiger partial charge in [-0.2, -0.15) is 0 Å². The maximum Gasteiger partial charge on any atom is 0.354 e. The summed E-state index contributed by atoms with van der Waals surface area (Å²) < 4.78 is 0. The Labute approximate surface area is 106 Å². The lowest BCUT2D eigenvalue weighted by molar-refractivity contribution is 0.0690. The second kappa shape index (κ2) is 6.58. The van der Waals surface area contributed by atoms with E-state index in [2.05, 4.69) is 10.3 Å². The van der Waals surface area contributed by atoms with Crippen LogP contribution in [0.15, 0.2) is 18.3 Å². The Morgan fingerprint density at radius 3 is 2.56 bits per heavy atom. The molecule has 0 radical (unpaired) electrons. The number of carboxylic acid groups (broad SMARTS) is 1. The van der Waals surface area contributed by atoms with Gasteiger partial charge in [-0.3, -0.25) is 0 Å². The lowest BCUT2D eigenvalue weighted by Gasteiger charge is -2.20. The molecule has 0 aromatic carbocycles. The van der Waals surface area contributed by atoms with Crippen LogP contribution in [0.5, 0.6) is 0 Å². The van der Waals surface area contributed by atoms with Gasteiger partial charge >= 0.3 is 12.0 Å². The van der Waals surface area contributed by atoms with Crippen LogP contribution in [-0.4, -0.2) is 40.1 Å². The number of aromatic carboxylic acids is 1. The van der Waals surface area contributed by atoms with Gasteiger partial charge in [0.1, 0.15) is 5.69 Å². The Hall–Kier alpha value is -2.11. The standard InChI is InChI=1S/C12H17N3O3/c1-3-7-15(4-2)12(18)14-9-5-6-10(11(16)17)13-8-9/h5-6,8H,3-4,7H2,1-2H3,(H,14,18)(H,16,17). The molecule has 0 bridgehead atoms. The predicted molar refractivity (Wildman–Crippen MR) is 67.8 cm³/mol. The van der Waals surface area contributed by atoms with E-state index in [9.17, 15) is 9.59 Å². The van der Waals surface area contributed by atoms with E-state index in [1.54, 1.807) is 4.90 Å². The third kappa shape index (κ3) is 3.73. The second-order valence-corrected chi connectivity index (χ2v) is 3.75. The lowest BCUT2D eigenvalue weighted by Crippen LogP contribution is -2.35. The third-order valence-corrected chi connectivity index (χ3v) is 2.40. The van der Waals surface area contributed by atoms with Crippen molar-refractivity contribution in [3.8, 4) is 0 Å². The highest BCUT2D eigenvalue weighted by atomic mass is 16.4. The Bertz CT molecular complexity index is 417. The van der Waals surface area contributed by atoms with E-state index in [0.29, 0.717) is 18.8 Å². The number of nitrogens with one attached hydrogen (secondary N) is 1. The number of carbonyl (C=O) groups is 2. The average molecular weight is 251 g/mol. The molecule has 0 saturated heterocycles. The summed E-state index contributed by atoms with van der Waals surface area (Å²) in [6, 6.07) is 2.67. The van der Waals surface area contributed by atoms with E-state index in [4.69, 9.17) is 5.11 Å². The quantitative estimate of drug-likeness (QED) is 0.839. The van der Waals surface area contributed by atoms with Crippen LogP contribution in [0.2, 0.25) is 0 Å². The van der Waals surface area contributed by atoms with Crippen LogP contribution in [0, 0.1) is 0 Å². The van der Waals surface area contributed by atoms with Crippen molar-refractivity contribution in [1.82, 2.24) is 9.88 Å². The first-order chi connectivity index (χ1) is 8.58. The van der Waals surface area contributed by atoms with Crippen LogP contribution in [0.25, 0.3) is 0 Å². The molecular formula is C12H17N3O3. The molecule has 0 spiro atoms. The van der Waals surface area contributed by atoms with E-state index in [0.717, 1.165) is 6.42 Å². The summed E-state index contributed by atoms with van der Waals surface area (Å²) in [5, 5.41) is 11.4. The van der Waals surface area contributed by atoms with Crippen molar-refractivity contribution >= 4 is 17.7 Å². The Kier molecular flexibility index (Phi) is 5.10. The molecular weight excluding hydrogens is 234 g/mol. The van der Waals surface area contributed by atoms with Crippen LogP contribution >= 0.6 is 0 Å². The summed E-state index contributed by atoms with van der Waals surface area (Å²) >= 11 is 0. The molecule has 0 unspecified atom stereocenters. The average Bonchev–Trinajstić information content (AvgIpc) is 2.36. The van der Waals surface area contributed by atoms with Crippen molar-refractivity contribution in [2.75, 3.05) is 18.4 Å². The number of rotatable bonds is 5. The number of carboxylic acids is 1. The molecule has 6 heteroatoms. The number of anilines is 1. The zero-order chi connectivity index (χ0) is 13.5. The molecule has 1 aromatic rings. The fraction of sp³-hybridized carbons (Fsp3) is 0.417. The maximum atomic E-state index is 11.8. The van der Waals surface area contributed by atoms with E-state index >= 15 is 0 Å². The number of hydrogen-bond acceptors (Lipinski definition) is 3. The first-order valence-electron chi connectivity index (χ1n) is 5.83. The van der Waals surface area contributed by atoms with Crippen LogP contribution in [0.1, 0.15) is 30.8 Å². The molecule has 0 aliphatic heterocycles. The molecule has 18 heavy (non-hydrogen) atoms. The number of pyridine rings is 1. The number of urea groups is 1. The molecule has 2 amide bonds. The van der Waals surface area contributed by atoms with Gasteiger partial charge in [0.15, 0.2) is 0 Å². The van der Waals surface area contributed by atoms with Gasteiger partial charge in [-0.1, -0.05) is 6.92 Å². The van der Waals surface area contributed by atoms with Gasteiger partial charge < -0.3 is 15.3 Å². The van der Waals surface area contributed by atoms with Gasteiger partial charge in [-0.05, 0) is 25.5 Å². The van der Waals surface area contributed by atoms with Gasteiger partial charge in [-0.15, -0.1) is 0 Å². The molecule has 1 rings (SSSR count). The largest absolute Gasteiger partial charge is 0.477 e. The Balaban J connectivity index is 2.66. The molecule has 6 nitrogen and oxygen atoms in total. The number of aromatic nitrogens is 1. The summed E-state index contributed by atoms with van der Waals surface area (Å²) in [6.07, 6.45) is 2.22. The minimum atomic E-state index is -1.09. The van der Waals surface area contributed by atoms with Gasteiger partial charge in [0.25, 0.3) is 0 Å². The summed E-state index contributed by atoms with van der Waals surface area (Å²) in [6.45, 7) is 5.21. The fourth-order valence-electron chi connectivity index (χ4n) is 1.47. The van der Waals surface area contributed by atoms with Gasteiger partial charge in [-0.25, -0.2) is 14.6 Å². The monoisotopic (exact) mass is 251 g/mol. The topological polar surface area (TPSA) is 82.5 Å². The first kappa shape index (κ1) is 14.0.